The van der Waals surface area contributed by atoms with Gasteiger partial charge in [0.25, 0.3) is 5.91 Å². The molecule has 2 fully saturated rings. The van der Waals surface area contributed by atoms with E-state index in [1.165, 1.54) is 16.0 Å². The molecule has 2 aliphatic rings. The molecule has 1 aromatic heterocycles. The zero-order valence-corrected chi connectivity index (χ0v) is 21.5. The third kappa shape index (κ3) is 4.60. The van der Waals surface area contributed by atoms with E-state index in [-0.39, 0.29) is 17.9 Å². The minimum atomic E-state index is -0.741. The molecule has 2 aliphatic heterocycles. The quantitative estimate of drug-likeness (QED) is 0.468. The van der Waals surface area contributed by atoms with Gasteiger partial charge in [-0.3, -0.25) is 14.6 Å². The molecule has 3 aromatic rings. The number of carbonyl (C=O) groups is 2. The number of amides is 3. The third-order valence-electron chi connectivity index (χ3n) is 7.62. The number of nitrogens with zero attached hydrogens (tertiary/aromatic N) is 3. The maximum Gasteiger partial charge on any atom is 0.327 e. The molecule has 3 heterocycles. The number of hydrogen-bond acceptors (Lipinski definition) is 4. The molecular formula is C29H36N4O3. The van der Waals surface area contributed by atoms with Crippen LogP contribution in [0, 0.1) is 5.92 Å². The molecule has 3 amide bonds. The lowest BCUT2D eigenvalue weighted by Crippen LogP contribution is -2.56. The van der Waals surface area contributed by atoms with Crippen molar-refractivity contribution in [3.63, 3.8) is 0 Å². The van der Waals surface area contributed by atoms with E-state index >= 15 is 0 Å². The molecule has 7 nitrogen and oxygen atoms in total. The van der Waals surface area contributed by atoms with Crippen LogP contribution in [0.25, 0.3) is 10.9 Å². The normalized spacial score (nSPS) is 18.2. The van der Waals surface area contributed by atoms with Gasteiger partial charge in [-0.15, -0.1) is 0 Å². The number of para-hydroxylation sites is 1. The van der Waals surface area contributed by atoms with Crippen molar-refractivity contribution in [1.82, 2.24) is 19.7 Å². The zero-order valence-electron chi connectivity index (χ0n) is 21.5. The highest BCUT2D eigenvalue weighted by molar-refractivity contribution is 6.07. The topological polar surface area (TPSA) is 68.9 Å². The van der Waals surface area contributed by atoms with Gasteiger partial charge in [-0.05, 0) is 60.4 Å². The average Bonchev–Trinajstić information content (AvgIpc) is 3.37. The van der Waals surface area contributed by atoms with Gasteiger partial charge in [0.15, 0.2) is 0 Å². The molecular weight excluding hydrogens is 452 g/mol. The second kappa shape index (κ2) is 9.97. The Morgan fingerprint density at radius 1 is 1.03 bits per heavy atom. The number of aromatic nitrogens is 1. The molecule has 7 heteroatoms. The Morgan fingerprint density at radius 2 is 1.75 bits per heavy atom. The Balaban J connectivity index is 1.31. The number of carbonyl (C=O) groups excluding carboxylic acids is 2. The van der Waals surface area contributed by atoms with E-state index in [9.17, 15) is 9.59 Å². The van der Waals surface area contributed by atoms with E-state index in [0.717, 1.165) is 36.5 Å². The fraction of sp³-hybridized carbons (Fsp3) is 0.448. The molecule has 0 saturated carbocycles. The number of nitrogens with one attached hydrogen (secondary N) is 1. The van der Waals surface area contributed by atoms with E-state index in [2.05, 4.69) is 48.0 Å². The highest BCUT2D eigenvalue weighted by atomic mass is 16.5. The Morgan fingerprint density at radius 3 is 2.42 bits per heavy atom. The molecule has 5 rings (SSSR count). The van der Waals surface area contributed by atoms with Crippen LogP contribution in [0.3, 0.4) is 0 Å². The summed E-state index contributed by atoms with van der Waals surface area (Å²) in [6.07, 6.45) is 2.03. The Bertz CT molecular complexity index is 1190. The van der Waals surface area contributed by atoms with Crippen molar-refractivity contribution in [2.75, 3.05) is 33.3 Å². The van der Waals surface area contributed by atoms with Crippen LogP contribution in [0.1, 0.15) is 37.9 Å². The first-order chi connectivity index (χ1) is 17.4. The predicted octanol–water partition coefficient (Wildman–Crippen LogP) is 4.67. The van der Waals surface area contributed by atoms with Crippen LogP contribution >= 0.6 is 0 Å². The van der Waals surface area contributed by atoms with E-state index in [0.29, 0.717) is 32.4 Å². The van der Waals surface area contributed by atoms with Crippen molar-refractivity contribution in [3.8, 4) is 5.75 Å². The number of aromatic amines is 1. The van der Waals surface area contributed by atoms with Gasteiger partial charge in [-0.25, -0.2) is 4.79 Å². The fourth-order valence-electron chi connectivity index (χ4n) is 5.68. The average molecular weight is 489 g/mol. The molecule has 0 bridgehead atoms. The number of likely N-dealkylation sites (tertiary alicyclic amines) is 1. The van der Waals surface area contributed by atoms with Crippen LogP contribution in [0.5, 0.6) is 5.75 Å². The van der Waals surface area contributed by atoms with E-state index in [4.69, 9.17) is 4.74 Å². The lowest BCUT2D eigenvalue weighted by Gasteiger charge is -2.42. The van der Waals surface area contributed by atoms with Gasteiger partial charge in [0, 0.05) is 43.9 Å². The first-order valence-electron chi connectivity index (χ1n) is 12.9. The number of benzene rings is 2. The van der Waals surface area contributed by atoms with Gasteiger partial charge in [0.1, 0.15) is 11.3 Å². The number of H-pyrrole nitrogens is 1. The summed E-state index contributed by atoms with van der Waals surface area (Å²) >= 11 is 0. The maximum absolute atomic E-state index is 13.7. The lowest BCUT2D eigenvalue weighted by atomic mass is 9.85. The van der Waals surface area contributed by atoms with Crippen molar-refractivity contribution in [1.29, 1.82) is 0 Å². The number of imide groups is 1. The summed E-state index contributed by atoms with van der Waals surface area (Å²) in [6, 6.07) is 18.3. The summed E-state index contributed by atoms with van der Waals surface area (Å²) in [6.45, 7) is 7.48. The summed E-state index contributed by atoms with van der Waals surface area (Å²) in [5, 5.41) is 1.21. The predicted molar refractivity (Wildman–Crippen MR) is 141 cm³/mol. The summed E-state index contributed by atoms with van der Waals surface area (Å²) < 4.78 is 5.27. The molecule has 1 spiro atoms. The van der Waals surface area contributed by atoms with Crippen LogP contribution < -0.4 is 4.74 Å². The number of piperidine rings is 1. The monoisotopic (exact) mass is 488 g/mol. The molecule has 190 valence electrons. The second-order valence-corrected chi connectivity index (χ2v) is 10.5. The molecule has 2 saturated heterocycles. The maximum atomic E-state index is 13.7. The van der Waals surface area contributed by atoms with Gasteiger partial charge in [0.2, 0.25) is 0 Å². The van der Waals surface area contributed by atoms with Crippen molar-refractivity contribution in [3.05, 3.63) is 65.9 Å². The molecule has 36 heavy (non-hydrogen) atoms. The molecule has 0 radical (unpaired) electrons. The Kier molecular flexibility index (Phi) is 6.75. The molecule has 0 atom stereocenters. The van der Waals surface area contributed by atoms with Crippen molar-refractivity contribution >= 4 is 22.8 Å². The first kappa shape index (κ1) is 24.4. The van der Waals surface area contributed by atoms with Crippen molar-refractivity contribution in [2.24, 2.45) is 5.92 Å². The highest BCUT2D eigenvalue weighted by Crippen LogP contribution is 2.38. The third-order valence-corrected chi connectivity index (χ3v) is 7.62. The number of urea groups is 1. The van der Waals surface area contributed by atoms with Crippen LogP contribution in [-0.4, -0.2) is 70.4 Å². The smallest absolute Gasteiger partial charge is 0.327 e. The molecule has 2 aromatic carbocycles. The van der Waals surface area contributed by atoms with Crippen LogP contribution in [0.15, 0.2) is 54.6 Å². The molecule has 0 unspecified atom stereocenters. The number of ether oxygens (including phenoxy) is 1. The second-order valence-electron chi connectivity index (χ2n) is 10.5. The van der Waals surface area contributed by atoms with Gasteiger partial charge < -0.3 is 14.6 Å². The van der Waals surface area contributed by atoms with E-state index < -0.39 is 5.54 Å². The SMILES string of the molecule is COc1ccc(CCN2C(=O)N(CC(C)C)C(=O)C23CCN(Cc2cc4ccccc4[nH]2)CC3)cc1. The summed E-state index contributed by atoms with van der Waals surface area (Å²) in [5.41, 5.74) is 2.71. The number of methoxy groups -OCH3 is 1. The van der Waals surface area contributed by atoms with Crippen molar-refractivity contribution < 1.29 is 14.3 Å². The summed E-state index contributed by atoms with van der Waals surface area (Å²) in [7, 11) is 1.65. The lowest BCUT2D eigenvalue weighted by molar-refractivity contribution is -0.136. The van der Waals surface area contributed by atoms with Gasteiger partial charge in [0.05, 0.1) is 7.11 Å². The number of rotatable bonds is 8. The molecule has 1 N–H and O–H groups in total. The fourth-order valence-corrected chi connectivity index (χ4v) is 5.68. The first-order valence-corrected chi connectivity index (χ1v) is 12.9. The molecule has 0 aliphatic carbocycles. The van der Waals surface area contributed by atoms with Crippen molar-refractivity contribution in [2.45, 2.75) is 45.2 Å². The largest absolute Gasteiger partial charge is 0.497 e. The highest BCUT2D eigenvalue weighted by Gasteiger charge is 2.57. The van der Waals surface area contributed by atoms with Crippen LogP contribution in [0.2, 0.25) is 0 Å². The van der Waals surface area contributed by atoms with Gasteiger partial charge in [-0.2, -0.15) is 0 Å². The minimum absolute atomic E-state index is 0.0128. The number of fused-ring (bicyclic) bond motifs is 1. The van der Waals surface area contributed by atoms with Gasteiger partial charge in [-0.1, -0.05) is 44.2 Å². The summed E-state index contributed by atoms with van der Waals surface area (Å²) in [5.74, 6) is 1.04. The summed E-state index contributed by atoms with van der Waals surface area (Å²) in [4.78, 5) is 36.5. The van der Waals surface area contributed by atoms with E-state index in [1.54, 1.807) is 7.11 Å². The van der Waals surface area contributed by atoms with Crippen LogP contribution in [-0.2, 0) is 17.8 Å². The minimum Gasteiger partial charge on any atom is -0.497 e. The van der Waals surface area contributed by atoms with E-state index in [1.807, 2.05) is 35.2 Å². The van der Waals surface area contributed by atoms with Crippen LogP contribution in [0.4, 0.5) is 4.79 Å². The standard InChI is InChI=1S/C29H36N4O3/c1-21(2)19-32-27(34)29(33(28(32)35)15-12-22-8-10-25(36-3)11-9-22)13-16-31(17-14-29)20-24-18-23-6-4-5-7-26(23)30-24/h4-11,18,21,30H,12-17,19-20H2,1-3H3. The zero-order chi connectivity index (χ0) is 25.3. The van der Waals surface area contributed by atoms with Gasteiger partial charge >= 0.3 is 6.03 Å². The Labute approximate surface area is 213 Å². The Hall–Kier alpha value is -3.32. The number of hydrogen-bond donors (Lipinski definition) is 1.